The van der Waals surface area contributed by atoms with Crippen LogP contribution in [0.3, 0.4) is 0 Å². The van der Waals surface area contributed by atoms with E-state index in [0.717, 1.165) is 41.5 Å². The molecule has 186 valence electrons. The average Bonchev–Trinajstić information content (AvgIpc) is 3.53. The van der Waals surface area contributed by atoms with Gasteiger partial charge in [0.25, 0.3) is 5.91 Å². The standard InChI is InChI=1S/C28H30FN5O2/c1-4-36-25-13-19(8-9-23(25)18-6-5-7-22(29)12-18)28(35)34(3)27(20-10-11-33(2)17-20)24-16-30-14-21-15-31-32-26(21)24/h5-9,12-16,20,27H,4,10-11,17H2,1-3H3,(H,31,32)/t20-,27-/m1/s1. The molecule has 0 spiro atoms. The highest BCUT2D eigenvalue weighted by Crippen LogP contribution is 2.38. The van der Waals surface area contributed by atoms with Gasteiger partial charge in [0.05, 0.1) is 24.4 Å². The van der Waals surface area contributed by atoms with E-state index in [1.54, 1.807) is 30.6 Å². The van der Waals surface area contributed by atoms with Gasteiger partial charge in [0.15, 0.2) is 0 Å². The second kappa shape index (κ2) is 10.1. The molecule has 1 amide bonds. The van der Waals surface area contributed by atoms with Crippen molar-refractivity contribution in [3.63, 3.8) is 0 Å². The number of ether oxygens (including phenoxy) is 1. The molecule has 2 aromatic heterocycles. The number of hydrogen-bond acceptors (Lipinski definition) is 5. The summed E-state index contributed by atoms with van der Waals surface area (Å²) in [7, 11) is 3.95. The molecule has 1 saturated heterocycles. The van der Waals surface area contributed by atoms with Gasteiger partial charge in [-0.2, -0.15) is 5.10 Å². The maximum absolute atomic E-state index is 13.9. The van der Waals surface area contributed by atoms with E-state index in [0.29, 0.717) is 23.5 Å². The number of hydrogen-bond donors (Lipinski definition) is 1. The molecular weight excluding hydrogens is 457 g/mol. The lowest BCUT2D eigenvalue weighted by molar-refractivity contribution is 0.0674. The first-order valence-corrected chi connectivity index (χ1v) is 12.2. The lowest BCUT2D eigenvalue weighted by Crippen LogP contribution is -2.36. The summed E-state index contributed by atoms with van der Waals surface area (Å²) in [6.45, 7) is 4.18. The van der Waals surface area contributed by atoms with Crippen LogP contribution in [-0.2, 0) is 0 Å². The van der Waals surface area contributed by atoms with Gasteiger partial charge in [-0.25, -0.2) is 4.39 Å². The highest BCUT2D eigenvalue weighted by Gasteiger charge is 2.35. The van der Waals surface area contributed by atoms with Gasteiger partial charge < -0.3 is 14.5 Å². The van der Waals surface area contributed by atoms with Crippen molar-refractivity contribution in [1.82, 2.24) is 25.0 Å². The zero-order chi connectivity index (χ0) is 25.2. The normalized spacial score (nSPS) is 16.8. The minimum Gasteiger partial charge on any atom is -0.493 e. The Bertz CT molecular complexity index is 1390. The molecule has 0 unspecified atom stereocenters. The summed E-state index contributed by atoms with van der Waals surface area (Å²) in [5, 5.41) is 8.22. The number of aromatic nitrogens is 3. The summed E-state index contributed by atoms with van der Waals surface area (Å²) in [5.74, 6) is 0.369. The minimum absolute atomic E-state index is 0.113. The van der Waals surface area contributed by atoms with Gasteiger partial charge in [0.1, 0.15) is 11.6 Å². The zero-order valence-corrected chi connectivity index (χ0v) is 20.7. The van der Waals surface area contributed by atoms with E-state index in [1.807, 2.05) is 37.2 Å². The van der Waals surface area contributed by atoms with Gasteiger partial charge in [0.2, 0.25) is 0 Å². The fraction of sp³-hybridized carbons (Fsp3) is 0.321. The van der Waals surface area contributed by atoms with Crippen LogP contribution in [-0.4, -0.2) is 64.7 Å². The molecule has 0 aliphatic carbocycles. The predicted octanol–water partition coefficient (Wildman–Crippen LogP) is 4.93. The first-order valence-electron chi connectivity index (χ1n) is 12.2. The third-order valence-electron chi connectivity index (χ3n) is 6.98. The number of H-pyrrole nitrogens is 1. The molecule has 1 aliphatic heterocycles. The largest absolute Gasteiger partial charge is 0.493 e. The number of rotatable bonds is 7. The molecular formula is C28H30FN5O2. The SMILES string of the molecule is CCOc1cc(C(=O)N(C)[C@@H](c2cncc3cn[nH]c23)[C@@H]2CCN(C)C2)ccc1-c1cccc(F)c1. The number of nitrogens with zero attached hydrogens (tertiary/aromatic N) is 4. The van der Waals surface area contributed by atoms with Crippen LogP contribution >= 0.6 is 0 Å². The molecule has 5 rings (SSSR count). The number of aromatic amines is 1. The third kappa shape index (κ3) is 4.56. The second-order valence-corrected chi connectivity index (χ2v) is 9.39. The molecule has 3 heterocycles. The monoisotopic (exact) mass is 487 g/mol. The number of nitrogens with one attached hydrogen (secondary N) is 1. The van der Waals surface area contributed by atoms with E-state index in [1.165, 1.54) is 12.1 Å². The Morgan fingerprint density at radius 2 is 2.11 bits per heavy atom. The summed E-state index contributed by atoms with van der Waals surface area (Å²) in [6.07, 6.45) is 6.35. The topological polar surface area (TPSA) is 74.3 Å². The van der Waals surface area contributed by atoms with Crippen LogP contribution in [0.2, 0.25) is 0 Å². The number of halogens is 1. The maximum atomic E-state index is 13.9. The molecule has 36 heavy (non-hydrogen) atoms. The molecule has 8 heteroatoms. The number of carbonyl (C=O) groups is 1. The summed E-state index contributed by atoms with van der Waals surface area (Å²) in [5.41, 5.74) is 3.83. The number of amides is 1. The Morgan fingerprint density at radius 3 is 2.86 bits per heavy atom. The summed E-state index contributed by atoms with van der Waals surface area (Å²) in [4.78, 5) is 22.4. The van der Waals surface area contributed by atoms with Crippen molar-refractivity contribution in [3.05, 3.63) is 78.0 Å². The fourth-order valence-corrected chi connectivity index (χ4v) is 5.27. The van der Waals surface area contributed by atoms with Crippen LogP contribution < -0.4 is 4.74 Å². The summed E-state index contributed by atoms with van der Waals surface area (Å²) in [6, 6.07) is 11.6. The van der Waals surface area contributed by atoms with Crippen molar-refractivity contribution in [2.24, 2.45) is 5.92 Å². The zero-order valence-electron chi connectivity index (χ0n) is 20.7. The molecule has 0 radical (unpaired) electrons. The minimum atomic E-state index is -0.319. The predicted molar refractivity (Wildman–Crippen MR) is 137 cm³/mol. The van der Waals surface area contributed by atoms with Crippen LogP contribution in [0.4, 0.5) is 4.39 Å². The van der Waals surface area contributed by atoms with Crippen molar-refractivity contribution in [2.75, 3.05) is 33.8 Å². The third-order valence-corrected chi connectivity index (χ3v) is 6.98. The Balaban J connectivity index is 1.53. The molecule has 1 N–H and O–H groups in total. The lowest BCUT2D eigenvalue weighted by Gasteiger charge is -2.33. The lowest BCUT2D eigenvalue weighted by atomic mass is 9.90. The average molecular weight is 488 g/mol. The number of fused-ring (bicyclic) bond motifs is 1. The van der Waals surface area contributed by atoms with E-state index >= 15 is 0 Å². The smallest absolute Gasteiger partial charge is 0.254 e. The Kier molecular flexibility index (Phi) is 6.69. The highest BCUT2D eigenvalue weighted by atomic mass is 19.1. The molecule has 1 fully saturated rings. The number of carbonyl (C=O) groups excluding carboxylic acids is 1. The van der Waals surface area contributed by atoms with Gasteiger partial charge in [-0.1, -0.05) is 12.1 Å². The van der Waals surface area contributed by atoms with E-state index in [4.69, 9.17) is 4.74 Å². The van der Waals surface area contributed by atoms with E-state index < -0.39 is 0 Å². The van der Waals surface area contributed by atoms with Gasteiger partial charge in [-0.05, 0) is 68.8 Å². The van der Waals surface area contributed by atoms with Gasteiger partial charge >= 0.3 is 0 Å². The van der Waals surface area contributed by atoms with Crippen LogP contribution in [0.25, 0.3) is 22.0 Å². The fourth-order valence-electron chi connectivity index (χ4n) is 5.27. The highest BCUT2D eigenvalue weighted by molar-refractivity contribution is 5.96. The Morgan fingerprint density at radius 1 is 1.25 bits per heavy atom. The maximum Gasteiger partial charge on any atom is 0.254 e. The molecule has 2 aromatic carbocycles. The van der Waals surface area contributed by atoms with Crippen molar-refractivity contribution in [1.29, 1.82) is 0 Å². The second-order valence-electron chi connectivity index (χ2n) is 9.39. The number of pyridine rings is 1. The van der Waals surface area contributed by atoms with E-state index in [9.17, 15) is 9.18 Å². The molecule has 1 aliphatic rings. The van der Waals surface area contributed by atoms with Gasteiger partial charge in [0, 0.05) is 48.1 Å². The Labute approximate surface area is 209 Å². The molecule has 0 bridgehead atoms. The van der Waals surface area contributed by atoms with Crippen molar-refractivity contribution in [2.45, 2.75) is 19.4 Å². The van der Waals surface area contributed by atoms with Crippen LogP contribution in [0, 0.1) is 11.7 Å². The first kappa shape index (κ1) is 23.9. The number of benzene rings is 2. The van der Waals surface area contributed by atoms with E-state index in [-0.39, 0.29) is 23.7 Å². The van der Waals surface area contributed by atoms with Crippen LogP contribution in [0.15, 0.2) is 61.1 Å². The Hall–Kier alpha value is -3.78. The first-order chi connectivity index (χ1) is 17.5. The molecule has 7 nitrogen and oxygen atoms in total. The number of likely N-dealkylation sites (tertiary alicyclic amines) is 1. The molecule has 4 aromatic rings. The van der Waals surface area contributed by atoms with Crippen LogP contribution in [0.1, 0.15) is 35.3 Å². The summed E-state index contributed by atoms with van der Waals surface area (Å²) < 4.78 is 19.8. The van der Waals surface area contributed by atoms with Gasteiger partial charge in [-0.15, -0.1) is 0 Å². The molecule has 0 saturated carbocycles. The van der Waals surface area contributed by atoms with Crippen LogP contribution in [0.5, 0.6) is 5.75 Å². The molecule has 2 atom stereocenters. The van der Waals surface area contributed by atoms with Crippen molar-refractivity contribution >= 4 is 16.8 Å². The van der Waals surface area contributed by atoms with Crippen molar-refractivity contribution in [3.8, 4) is 16.9 Å². The van der Waals surface area contributed by atoms with E-state index in [2.05, 4.69) is 27.1 Å². The van der Waals surface area contributed by atoms with Crippen molar-refractivity contribution < 1.29 is 13.9 Å². The van der Waals surface area contributed by atoms with Gasteiger partial charge in [-0.3, -0.25) is 14.9 Å². The quantitative estimate of drug-likeness (QED) is 0.400. The summed E-state index contributed by atoms with van der Waals surface area (Å²) >= 11 is 0.